The van der Waals surface area contributed by atoms with Gasteiger partial charge in [0.25, 0.3) is 5.91 Å². The Labute approximate surface area is 125 Å². The summed E-state index contributed by atoms with van der Waals surface area (Å²) >= 11 is 0. The fourth-order valence-corrected chi connectivity index (χ4v) is 3.07. The number of para-hydroxylation sites is 2. The number of ether oxygens (including phenoxy) is 1. The van der Waals surface area contributed by atoms with Gasteiger partial charge in [0.05, 0.1) is 18.5 Å². The maximum Gasteiger partial charge on any atom is 0.263 e. The summed E-state index contributed by atoms with van der Waals surface area (Å²) in [5.41, 5.74) is 0.470. The van der Waals surface area contributed by atoms with E-state index in [1.807, 2.05) is 6.92 Å². The number of carbonyl (C=O) groups excluding carboxylic acids is 1. The molecule has 0 radical (unpaired) electrons. The van der Waals surface area contributed by atoms with Gasteiger partial charge in [0.1, 0.15) is 5.75 Å². The second-order valence-corrected chi connectivity index (χ2v) is 6.92. The van der Waals surface area contributed by atoms with Crippen LogP contribution in [-0.2, 0) is 14.8 Å². The van der Waals surface area contributed by atoms with Crippen molar-refractivity contribution in [3.8, 4) is 5.75 Å². The summed E-state index contributed by atoms with van der Waals surface area (Å²) in [6, 6.07) is 6.82. The molecule has 7 heteroatoms. The van der Waals surface area contributed by atoms with E-state index in [0.29, 0.717) is 18.0 Å². The Morgan fingerprint density at radius 3 is 2.81 bits per heavy atom. The Balaban J connectivity index is 2.20. The second kappa shape index (κ2) is 6.34. The lowest BCUT2D eigenvalue weighted by atomic mass is 10.2. The predicted octanol–water partition coefficient (Wildman–Crippen LogP) is 1.13. The van der Waals surface area contributed by atoms with Crippen molar-refractivity contribution in [2.75, 3.05) is 23.7 Å². The van der Waals surface area contributed by atoms with Gasteiger partial charge in [-0.2, -0.15) is 0 Å². The normalized spacial score (nSPS) is 17.8. The van der Waals surface area contributed by atoms with Gasteiger partial charge in [0.2, 0.25) is 10.0 Å². The summed E-state index contributed by atoms with van der Waals surface area (Å²) in [7, 11) is -3.46. The molecule has 0 aromatic heterocycles. The van der Waals surface area contributed by atoms with Gasteiger partial charge >= 0.3 is 0 Å². The summed E-state index contributed by atoms with van der Waals surface area (Å²) in [6.07, 6.45) is 2.15. The first-order chi connectivity index (χ1) is 9.93. The first kappa shape index (κ1) is 15.6. The molecular formula is C14H20N2O4S. The fourth-order valence-electron chi connectivity index (χ4n) is 2.16. The summed E-state index contributed by atoms with van der Waals surface area (Å²) in [4.78, 5) is 12.1. The molecule has 116 valence electrons. The quantitative estimate of drug-likeness (QED) is 0.827. The Morgan fingerprint density at radius 2 is 2.14 bits per heavy atom. The first-order valence-corrected chi connectivity index (χ1v) is 8.79. The van der Waals surface area contributed by atoms with Crippen molar-refractivity contribution in [1.29, 1.82) is 0 Å². The molecule has 0 saturated heterocycles. The van der Waals surface area contributed by atoms with Crippen LogP contribution in [0.5, 0.6) is 5.75 Å². The number of sulfonamides is 1. The van der Waals surface area contributed by atoms with Crippen LogP contribution in [0, 0.1) is 0 Å². The predicted molar refractivity (Wildman–Crippen MR) is 81.0 cm³/mol. The standard InChI is InChI=1S/C14H20N2O4S/c1-3-4-9-15-14(17)13-10-16(21(2,18)19)11-7-5-6-8-12(11)20-13/h5-8,13H,3-4,9-10H2,1-2H3,(H,15,17)/t13-/m0/s1. The van der Waals surface area contributed by atoms with Gasteiger partial charge in [0, 0.05) is 6.54 Å². The third-order valence-electron chi connectivity index (χ3n) is 3.26. The van der Waals surface area contributed by atoms with Crippen molar-refractivity contribution in [3.63, 3.8) is 0 Å². The third-order valence-corrected chi connectivity index (χ3v) is 4.40. The number of fused-ring (bicyclic) bond motifs is 1. The van der Waals surface area contributed by atoms with Crippen LogP contribution in [0.1, 0.15) is 19.8 Å². The molecular weight excluding hydrogens is 292 g/mol. The van der Waals surface area contributed by atoms with Crippen LogP contribution in [0.4, 0.5) is 5.69 Å². The monoisotopic (exact) mass is 312 g/mol. The molecule has 6 nitrogen and oxygen atoms in total. The molecule has 1 aromatic rings. The van der Waals surface area contributed by atoms with Crippen LogP contribution in [0.15, 0.2) is 24.3 Å². The lowest BCUT2D eigenvalue weighted by Gasteiger charge is -2.33. The molecule has 0 saturated carbocycles. The molecule has 0 unspecified atom stereocenters. The average Bonchev–Trinajstić information content (AvgIpc) is 2.45. The van der Waals surface area contributed by atoms with Gasteiger partial charge in [-0.1, -0.05) is 25.5 Å². The zero-order chi connectivity index (χ0) is 15.5. The Kier molecular flexibility index (Phi) is 4.72. The molecule has 21 heavy (non-hydrogen) atoms. The van der Waals surface area contributed by atoms with E-state index >= 15 is 0 Å². The van der Waals surface area contributed by atoms with E-state index in [-0.39, 0.29) is 12.5 Å². The van der Waals surface area contributed by atoms with Crippen molar-refractivity contribution in [3.05, 3.63) is 24.3 Å². The smallest absolute Gasteiger partial charge is 0.263 e. The number of nitrogens with zero attached hydrogens (tertiary/aromatic N) is 1. The van der Waals surface area contributed by atoms with Gasteiger partial charge in [-0.15, -0.1) is 0 Å². The number of unbranched alkanes of at least 4 members (excludes halogenated alkanes) is 1. The van der Waals surface area contributed by atoms with Crippen LogP contribution in [0.2, 0.25) is 0 Å². The van der Waals surface area contributed by atoms with Gasteiger partial charge < -0.3 is 10.1 Å². The Bertz CT molecular complexity index is 615. The van der Waals surface area contributed by atoms with Crippen molar-refractivity contribution in [1.82, 2.24) is 5.32 Å². The van der Waals surface area contributed by atoms with Crippen LogP contribution >= 0.6 is 0 Å². The number of nitrogens with one attached hydrogen (secondary N) is 1. The minimum atomic E-state index is -3.46. The lowest BCUT2D eigenvalue weighted by Crippen LogP contribution is -2.50. The maximum atomic E-state index is 12.1. The molecule has 2 rings (SSSR count). The highest BCUT2D eigenvalue weighted by molar-refractivity contribution is 7.92. The maximum absolute atomic E-state index is 12.1. The summed E-state index contributed by atoms with van der Waals surface area (Å²) < 4.78 is 30.7. The summed E-state index contributed by atoms with van der Waals surface area (Å²) in [6.45, 7) is 2.59. The number of carbonyl (C=O) groups is 1. The van der Waals surface area contributed by atoms with Crippen LogP contribution in [0.3, 0.4) is 0 Å². The molecule has 1 aromatic carbocycles. The van der Waals surface area contributed by atoms with E-state index in [0.717, 1.165) is 19.1 Å². The first-order valence-electron chi connectivity index (χ1n) is 6.94. The summed E-state index contributed by atoms with van der Waals surface area (Å²) in [5.74, 6) is 0.122. The van der Waals surface area contributed by atoms with E-state index < -0.39 is 16.1 Å². The number of amides is 1. The second-order valence-electron chi connectivity index (χ2n) is 5.01. The van der Waals surface area contributed by atoms with Crippen molar-refractivity contribution < 1.29 is 17.9 Å². The van der Waals surface area contributed by atoms with Gasteiger partial charge in [-0.3, -0.25) is 9.10 Å². The number of benzene rings is 1. The van der Waals surface area contributed by atoms with Crippen LogP contribution < -0.4 is 14.4 Å². The van der Waals surface area contributed by atoms with E-state index in [4.69, 9.17) is 4.74 Å². The van der Waals surface area contributed by atoms with Gasteiger partial charge in [-0.25, -0.2) is 8.42 Å². The largest absolute Gasteiger partial charge is 0.476 e. The third kappa shape index (κ3) is 3.66. The molecule has 1 atom stereocenters. The number of anilines is 1. The number of hydrogen-bond acceptors (Lipinski definition) is 4. The minimum Gasteiger partial charge on any atom is -0.476 e. The highest BCUT2D eigenvalue weighted by Gasteiger charge is 2.34. The number of rotatable bonds is 5. The zero-order valence-electron chi connectivity index (χ0n) is 12.2. The molecule has 0 fully saturated rings. The van der Waals surface area contributed by atoms with Gasteiger partial charge in [-0.05, 0) is 18.6 Å². The van der Waals surface area contributed by atoms with Crippen LogP contribution in [-0.4, -0.2) is 39.8 Å². The molecule has 1 aliphatic heterocycles. The molecule has 1 amide bonds. The van der Waals surface area contributed by atoms with E-state index in [1.165, 1.54) is 4.31 Å². The fraction of sp³-hybridized carbons (Fsp3) is 0.500. The van der Waals surface area contributed by atoms with Crippen molar-refractivity contribution in [2.45, 2.75) is 25.9 Å². The summed E-state index contributed by atoms with van der Waals surface area (Å²) in [5, 5.41) is 2.77. The molecule has 0 bridgehead atoms. The molecule has 1 N–H and O–H groups in total. The average molecular weight is 312 g/mol. The van der Waals surface area contributed by atoms with E-state index in [2.05, 4.69) is 5.32 Å². The molecule has 0 aliphatic carbocycles. The minimum absolute atomic E-state index is 0.00615. The zero-order valence-corrected chi connectivity index (χ0v) is 13.0. The molecule has 1 heterocycles. The van der Waals surface area contributed by atoms with E-state index in [9.17, 15) is 13.2 Å². The Morgan fingerprint density at radius 1 is 1.43 bits per heavy atom. The number of hydrogen-bond donors (Lipinski definition) is 1. The highest BCUT2D eigenvalue weighted by atomic mass is 32.2. The van der Waals surface area contributed by atoms with Crippen molar-refractivity contribution in [2.24, 2.45) is 0 Å². The Hall–Kier alpha value is -1.76. The van der Waals surface area contributed by atoms with Crippen LogP contribution in [0.25, 0.3) is 0 Å². The van der Waals surface area contributed by atoms with E-state index in [1.54, 1.807) is 24.3 Å². The highest BCUT2D eigenvalue weighted by Crippen LogP contribution is 2.34. The molecule has 0 spiro atoms. The molecule has 1 aliphatic rings. The topological polar surface area (TPSA) is 75.7 Å². The SMILES string of the molecule is CCCCNC(=O)[C@@H]1CN(S(C)(=O)=O)c2ccccc2O1. The van der Waals surface area contributed by atoms with Crippen molar-refractivity contribution >= 4 is 21.6 Å². The lowest BCUT2D eigenvalue weighted by molar-refractivity contribution is -0.127. The van der Waals surface area contributed by atoms with Gasteiger partial charge in [0.15, 0.2) is 6.10 Å².